The van der Waals surface area contributed by atoms with Gasteiger partial charge in [0.15, 0.2) is 11.6 Å². The molecule has 0 saturated carbocycles. The lowest BCUT2D eigenvalue weighted by molar-refractivity contribution is -0.117. The fourth-order valence-electron chi connectivity index (χ4n) is 4.19. The molecule has 38 heavy (non-hydrogen) atoms. The molecule has 3 aromatic rings. The molecule has 2 N–H and O–H groups in total. The van der Waals surface area contributed by atoms with E-state index in [9.17, 15) is 18.0 Å². The van der Waals surface area contributed by atoms with Gasteiger partial charge in [0.05, 0.1) is 6.54 Å². The minimum absolute atomic E-state index is 0.0271. The number of rotatable bonds is 8. The Hall–Kier alpha value is -4.32. The second-order valence-corrected chi connectivity index (χ2v) is 10.3. The first-order valence-corrected chi connectivity index (χ1v) is 13.2. The van der Waals surface area contributed by atoms with Crippen LogP contribution in [0.1, 0.15) is 16.7 Å². The lowest BCUT2D eigenvalue weighted by atomic mass is 10.1. The van der Waals surface area contributed by atoms with Crippen molar-refractivity contribution in [2.45, 2.75) is 25.7 Å². The van der Waals surface area contributed by atoms with Crippen LogP contribution in [-0.4, -0.2) is 39.6 Å². The average Bonchev–Trinajstić information content (AvgIpc) is 3.44. The Morgan fingerprint density at radius 1 is 1.08 bits per heavy atom. The first-order valence-electron chi connectivity index (χ1n) is 11.8. The maximum atomic E-state index is 15.8. The van der Waals surface area contributed by atoms with Gasteiger partial charge in [-0.15, -0.1) is 0 Å². The summed E-state index contributed by atoms with van der Waals surface area (Å²) < 4.78 is 60.3. The number of alkyl carbamates (subject to hydrolysis) is 1. The number of anilines is 1. The third-order valence-corrected chi connectivity index (χ3v) is 7.36. The van der Waals surface area contributed by atoms with E-state index < -0.39 is 40.7 Å². The molecule has 0 aliphatic carbocycles. The van der Waals surface area contributed by atoms with Crippen molar-refractivity contribution in [2.75, 3.05) is 17.4 Å². The van der Waals surface area contributed by atoms with Crippen LogP contribution < -0.4 is 23.8 Å². The summed E-state index contributed by atoms with van der Waals surface area (Å²) >= 11 is 0. The highest BCUT2D eigenvalue weighted by Crippen LogP contribution is 2.44. The van der Waals surface area contributed by atoms with E-state index in [-0.39, 0.29) is 48.9 Å². The van der Waals surface area contributed by atoms with Crippen molar-refractivity contribution in [3.05, 3.63) is 89.2 Å². The van der Waals surface area contributed by atoms with Crippen LogP contribution in [0, 0.1) is 5.82 Å². The highest BCUT2D eigenvalue weighted by molar-refractivity contribution is 7.92. The van der Waals surface area contributed by atoms with Crippen LogP contribution in [0.5, 0.6) is 11.5 Å². The maximum Gasteiger partial charge on any atom is 0.407 e. The molecule has 0 unspecified atom stereocenters. The van der Waals surface area contributed by atoms with E-state index in [2.05, 4.69) is 5.32 Å². The number of carbonyl (C=O) groups is 2. The predicted octanol–water partition coefficient (Wildman–Crippen LogP) is 2.82. The van der Waals surface area contributed by atoms with Gasteiger partial charge < -0.3 is 19.5 Å². The van der Waals surface area contributed by atoms with Gasteiger partial charge in [0, 0.05) is 18.1 Å². The second-order valence-electron chi connectivity index (χ2n) is 8.71. The summed E-state index contributed by atoms with van der Waals surface area (Å²) in [5.41, 5.74) is 1.34. The van der Waals surface area contributed by atoms with Crippen molar-refractivity contribution >= 4 is 27.9 Å². The Bertz CT molecular complexity index is 1450. The van der Waals surface area contributed by atoms with Crippen LogP contribution >= 0.6 is 0 Å². The SMILES string of the molecule is O=C1CN(c2c(OCc3ccccc3)cc3c(c2F)C[C@H](CNC(=O)OCc2ccccc2)O3)S(=O)(=O)N1. The van der Waals surface area contributed by atoms with E-state index in [1.54, 1.807) is 12.1 Å². The second kappa shape index (κ2) is 10.6. The molecule has 0 spiro atoms. The molecule has 0 bridgehead atoms. The summed E-state index contributed by atoms with van der Waals surface area (Å²) in [6.07, 6.45) is -1.23. The highest BCUT2D eigenvalue weighted by atomic mass is 32.2. The molecule has 198 valence electrons. The summed E-state index contributed by atoms with van der Waals surface area (Å²) in [7, 11) is -4.30. The molecule has 5 rings (SSSR count). The van der Waals surface area contributed by atoms with Crippen molar-refractivity contribution in [2.24, 2.45) is 0 Å². The van der Waals surface area contributed by atoms with Crippen LogP contribution in [0.4, 0.5) is 14.9 Å². The topological polar surface area (TPSA) is 123 Å². The van der Waals surface area contributed by atoms with Crippen molar-refractivity contribution in [1.82, 2.24) is 10.0 Å². The summed E-state index contributed by atoms with van der Waals surface area (Å²) in [6, 6.07) is 19.6. The minimum Gasteiger partial charge on any atom is -0.488 e. The van der Waals surface area contributed by atoms with Gasteiger partial charge in [-0.05, 0) is 11.1 Å². The number of fused-ring (bicyclic) bond motifs is 1. The van der Waals surface area contributed by atoms with Gasteiger partial charge in [0.1, 0.15) is 37.3 Å². The number of nitrogens with zero attached hydrogens (tertiary/aromatic N) is 1. The monoisotopic (exact) mass is 541 g/mol. The van der Waals surface area contributed by atoms with Crippen LogP contribution in [0.2, 0.25) is 0 Å². The Kier molecular flexibility index (Phi) is 7.05. The van der Waals surface area contributed by atoms with E-state index in [4.69, 9.17) is 14.2 Å². The fourth-order valence-corrected chi connectivity index (χ4v) is 5.35. The van der Waals surface area contributed by atoms with Gasteiger partial charge in [-0.25, -0.2) is 18.2 Å². The van der Waals surface area contributed by atoms with Gasteiger partial charge in [-0.1, -0.05) is 60.7 Å². The van der Waals surface area contributed by atoms with Crippen LogP contribution in [0.15, 0.2) is 66.7 Å². The number of halogens is 1. The molecule has 12 heteroatoms. The molecule has 2 aliphatic heterocycles. The first kappa shape index (κ1) is 25.3. The molecular formula is C26H24FN3O7S. The van der Waals surface area contributed by atoms with Crippen LogP contribution in [-0.2, 0) is 39.4 Å². The lowest BCUT2D eigenvalue weighted by Gasteiger charge is -2.21. The van der Waals surface area contributed by atoms with Gasteiger partial charge in [0.25, 0.3) is 5.91 Å². The molecule has 1 fully saturated rings. The first-order chi connectivity index (χ1) is 18.3. The summed E-state index contributed by atoms with van der Waals surface area (Å²) in [5, 5.41) is 2.60. The molecule has 10 nitrogen and oxygen atoms in total. The summed E-state index contributed by atoms with van der Waals surface area (Å²) in [5.74, 6) is -1.60. The number of hydrogen-bond donors (Lipinski definition) is 2. The molecular weight excluding hydrogens is 517 g/mol. The zero-order chi connectivity index (χ0) is 26.7. The zero-order valence-corrected chi connectivity index (χ0v) is 20.9. The van der Waals surface area contributed by atoms with Crippen LogP contribution in [0.3, 0.4) is 0 Å². The molecule has 3 aromatic carbocycles. The van der Waals surface area contributed by atoms with E-state index >= 15 is 4.39 Å². The lowest BCUT2D eigenvalue weighted by Crippen LogP contribution is -2.34. The fraction of sp³-hybridized carbons (Fsp3) is 0.231. The predicted molar refractivity (Wildman–Crippen MR) is 134 cm³/mol. The molecule has 2 aliphatic rings. The molecule has 0 radical (unpaired) electrons. The Morgan fingerprint density at radius 2 is 1.74 bits per heavy atom. The van der Waals surface area contributed by atoms with Gasteiger partial charge in [0.2, 0.25) is 0 Å². The number of nitrogens with one attached hydrogen (secondary N) is 2. The number of amides is 2. The van der Waals surface area contributed by atoms with Gasteiger partial charge in [-0.3, -0.25) is 4.79 Å². The quantitative estimate of drug-likeness (QED) is 0.450. The van der Waals surface area contributed by atoms with Crippen molar-refractivity contribution in [3.63, 3.8) is 0 Å². The molecule has 2 heterocycles. The Balaban J connectivity index is 1.32. The molecule has 0 aromatic heterocycles. The maximum absolute atomic E-state index is 15.8. The standard InChI is InChI=1S/C26H24FN3O7S/c27-24-20-11-19(13-28-26(32)36-16-18-9-5-2-6-10-18)37-21(20)12-22(35-15-17-7-3-1-4-8-17)25(24)30-14-23(31)29-38(30,33)34/h1-10,12,19H,11,13-16H2,(H,28,32)(H,29,31)/t19-/m1/s1. The van der Waals surface area contributed by atoms with Gasteiger partial charge in [-0.2, -0.15) is 8.42 Å². The number of hydrogen-bond acceptors (Lipinski definition) is 7. The van der Waals surface area contributed by atoms with Gasteiger partial charge >= 0.3 is 16.3 Å². The van der Waals surface area contributed by atoms with Crippen molar-refractivity contribution in [3.8, 4) is 11.5 Å². The van der Waals surface area contributed by atoms with Crippen molar-refractivity contribution in [1.29, 1.82) is 0 Å². The highest BCUT2D eigenvalue weighted by Gasteiger charge is 2.40. The molecule has 2 amide bonds. The zero-order valence-electron chi connectivity index (χ0n) is 20.1. The van der Waals surface area contributed by atoms with E-state index in [1.807, 2.05) is 53.3 Å². The Labute approximate surface area is 218 Å². The largest absolute Gasteiger partial charge is 0.488 e. The molecule has 1 saturated heterocycles. The number of benzene rings is 3. The minimum atomic E-state index is -4.30. The average molecular weight is 542 g/mol. The van der Waals surface area contributed by atoms with E-state index in [1.165, 1.54) is 6.07 Å². The number of carbonyl (C=O) groups excluding carboxylic acids is 2. The van der Waals surface area contributed by atoms with Crippen molar-refractivity contribution < 1.29 is 36.6 Å². The van der Waals surface area contributed by atoms with E-state index in [0.717, 1.165) is 11.1 Å². The third kappa shape index (κ3) is 5.49. The van der Waals surface area contributed by atoms with Crippen LogP contribution in [0.25, 0.3) is 0 Å². The smallest absolute Gasteiger partial charge is 0.407 e. The summed E-state index contributed by atoms with van der Waals surface area (Å²) in [4.78, 5) is 24.0. The Morgan fingerprint density at radius 3 is 2.37 bits per heavy atom. The van der Waals surface area contributed by atoms with E-state index in [0.29, 0.717) is 4.31 Å². The third-order valence-electron chi connectivity index (χ3n) is 5.98. The normalized spacial score (nSPS) is 17.3. The molecule has 1 atom stereocenters. The number of ether oxygens (including phenoxy) is 3. The summed E-state index contributed by atoms with van der Waals surface area (Å²) in [6.45, 7) is -0.437.